The molecule has 1 heterocycles. The fourth-order valence-corrected chi connectivity index (χ4v) is 5.48. The van der Waals surface area contributed by atoms with Crippen LogP contribution in [0.5, 0.6) is 5.75 Å². The topological polar surface area (TPSA) is 72.5 Å². The summed E-state index contributed by atoms with van der Waals surface area (Å²) in [5, 5.41) is 3.33. The number of thiophene rings is 1. The summed E-state index contributed by atoms with van der Waals surface area (Å²) in [6.07, 6.45) is 0. The third-order valence-electron chi connectivity index (χ3n) is 4.19. The molecule has 0 aliphatic rings. The standard InChI is InChI=1S/C20H18FNO4S2/c1-26-14-8-10-15(11-9-14)28(24,25)19(18-7-4-12-27-18)13-22-20(23)16-5-2-3-6-17(16)21/h2-12,19H,13H2,1H3,(H,22,23). The van der Waals surface area contributed by atoms with Crippen molar-refractivity contribution >= 4 is 27.1 Å². The Balaban J connectivity index is 1.87. The Labute approximate surface area is 166 Å². The van der Waals surface area contributed by atoms with Crippen LogP contribution in [0, 0.1) is 5.82 Å². The second kappa shape index (κ2) is 8.53. The van der Waals surface area contributed by atoms with E-state index in [4.69, 9.17) is 4.74 Å². The predicted molar refractivity (Wildman–Crippen MR) is 106 cm³/mol. The molecular formula is C20H18FNO4S2. The van der Waals surface area contributed by atoms with Gasteiger partial charge in [-0.1, -0.05) is 18.2 Å². The number of carbonyl (C=O) groups is 1. The lowest BCUT2D eigenvalue weighted by molar-refractivity contribution is 0.0949. The molecule has 8 heteroatoms. The molecule has 0 fully saturated rings. The van der Waals surface area contributed by atoms with Gasteiger partial charge in [0, 0.05) is 11.4 Å². The Hall–Kier alpha value is -2.71. The molecule has 0 spiro atoms. The number of nitrogens with one attached hydrogen (secondary N) is 1. The summed E-state index contributed by atoms with van der Waals surface area (Å²) >= 11 is 1.28. The average molecular weight is 419 g/mol. The minimum atomic E-state index is -3.79. The Morgan fingerprint density at radius 1 is 1.11 bits per heavy atom. The molecule has 0 aliphatic carbocycles. The molecule has 1 aromatic heterocycles. The fraction of sp³-hybridized carbons (Fsp3) is 0.150. The highest BCUT2D eigenvalue weighted by molar-refractivity contribution is 7.91. The highest BCUT2D eigenvalue weighted by Gasteiger charge is 2.30. The largest absolute Gasteiger partial charge is 0.497 e. The fourth-order valence-electron chi connectivity index (χ4n) is 2.69. The first-order chi connectivity index (χ1) is 13.4. The Morgan fingerprint density at radius 2 is 1.82 bits per heavy atom. The zero-order chi connectivity index (χ0) is 20.1. The highest BCUT2D eigenvalue weighted by atomic mass is 32.2. The summed E-state index contributed by atoms with van der Waals surface area (Å²) in [5.74, 6) is -0.783. The van der Waals surface area contributed by atoms with Crippen LogP contribution in [0.4, 0.5) is 4.39 Å². The van der Waals surface area contributed by atoms with Gasteiger partial charge >= 0.3 is 0 Å². The minimum Gasteiger partial charge on any atom is -0.497 e. The second-order valence-electron chi connectivity index (χ2n) is 5.91. The monoisotopic (exact) mass is 419 g/mol. The van der Waals surface area contributed by atoms with E-state index in [0.717, 1.165) is 0 Å². The van der Waals surface area contributed by atoms with Crippen molar-refractivity contribution in [3.63, 3.8) is 0 Å². The van der Waals surface area contributed by atoms with E-state index in [-0.39, 0.29) is 17.0 Å². The lowest BCUT2D eigenvalue weighted by Gasteiger charge is -2.18. The van der Waals surface area contributed by atoms with Gasteiger partial charge in [-0.2, -0.15) is 0 Å². The molecule has 0 radical (unpaired) electrons. The zero-order valence-corrected chi connectivity index (χ0v) is 16.6. The molecule has 146 valence electrons. The summed E-state index contributed by atoms with van der Waals surface area (Å²) < 4.78 is 45.3. The van der Waals surface area contributed by atoms with Gasteiger partial charge in [0.15, 0.2) is 9.84 Å². The third kappa shape index (κ3) is 4.23. The summed E-state index contributed by atoms with van der Waals surface area (Å²) in [5.41, 5.74) is -0.130. The second-order valence-corrected chi connectivity index (χ2v) is 9.02. The molecule has 5 nitrogen and oxygen atoms in total. The molecule has 0 saturated carbocycles. The van der Waals surface area contributed by atoms with Gasteiger partial charge in [-0.25, -0.2) is 12.8 Å². The molecular weight excluding hydrogens is 401 g/mol. The minimum absolute atomic E-state index is 0.117. The quantitative estimate of drug-likeness (QED) is 0.632. The Kier molecular flexibility index (Phi) is 6.11. The van der Waals surface area contributed by atoms with Gasteiger partial charge in [-0.15, -0.1) is 11.3 Å². The lowest BCUT2D eigenvalue weighted by Crippen LogP contribution is -2.32. The van der Waals surface area contributed by atoms with Crippen LogP contribution in [0.2, 0.25) is 0 Å². The molecule has 3 aromatic rings. The van der Waals surface area contributed by atoms with E-state index in [0.29, 0.717) is 10.6 Å². The van der Waals surface area contributed by atoms with Crippen molar-refractivity contribution in [2.24, 2.45) is 0 Å². The summed E-state index contributed by atoms with van der Waals surface area (Å²) in [7, 11) is -2.29. The Bertz CT molecular complexity index is 1050. The van der Waals surface area contributed by atoms with Gasteiger partial charge < -0.3 is 10.1 Å². The molecule has 1 atom stereocenters. The van der Waals surface area contributed by atoms with Crippen molar-refractivity contribution in [2.45, 2.75) is 10.1 Å². The number of sulfone groups is 1. The zero-order valence-electron chi connectivity index (χ0n) is 15.0. The van der Waals surface area contributed by atoms with Crippen molar-refractivity contribution in [1.82, 2.24) is 5.32 Å². The van der Waals surface area contributed by atoms with Crippen molar-refractivity contribution in [1.29, 1.82) is 0 Å². The maximum Gasteiger partial charge on any atom is 0.254 e. The normalized spacial score (nSPS) is 12.4. The van der Waals surface area contributed by atoms with Crippen LogP contribution >= 0.6 is 11.3 Å². The van der Waals surface area contributed by atoms with Gasteiger partial charge in [0.2, 0.25) is 0 Å². The molecule has 0 saturated heterocycles. The van der Waals surface area contributed by atoms with E-state index in [2.05, 4.69) is 5.32 Å². The summed E-state index contributed by atoms with van der Waals surface area (Å²) in [6, 6.07) is 15.1. The van der Waals surface area contributed by atoms with E-state index < -0.39 is 26.8 Å². The predicted octanol–water partition coefficient (Wildman–Crippen LogP) is 3.84. The number of halogens is 1. The molecule has 1 amide bonds. The molecule has 3 rings (SSSR count). The molecule has 0 aliphatic heterocycles. The van der Waals surface area contributed by atoms with E-state index in [1.165, 1.54) is 48.8 Å². The number of hydrogen-bond donors (Lipinski definition) is 1. The van der Waals surface area contributed by atoms with Crippen LogP contribution in [-0.4, -0.2) is 28.0 Å². The van der Waals surface area contributed by atoms with Gasteiger partial charge in [0.05, 0.1) is 17.6 Å². The van der Waals surface area contributed by atoms with Gasteiger partial charge in [-0.05, 0) is 47.8 Å². The first-order valence-electron chi connectivity index (χ1n) is 8.37. The van der Waals surface area contributed by atoms with Crippen LogP contribution in [0.15, 0.2) is 70.9 Å². The van der Waals surface area contributed by atoms with E-state index in [9.17, 15) is 17.6 Å². The molecule has 1 N–H and O–H groups in total. The van der Waals surface area contributed by atoms with Crippen LogP contribution in [-0.2, 0) is 9.84 Å². The van der Waals surface area contributed by atoms with Crippen LogP contribution in [0.1, 0.15) is 20.5 Å². The van der Waals surface area contributed by atoms with Crippen molar-refractivity contribution in [3.8, 4) is 5.75 Å². The van der Waals surface area contributed by atoms with Crippen molar-refractivity contribution < 1.29 is 22.3 Å². The first-order valence-corrected chi connectivity index (χ1v) is 10.8. The van der Waals surface area contributed by atoms with Gasteiger partial charge in [0.1, 0.15) is 16.8 Å². The SMILES string of the molecule is COc1ccc(S(=O)(=O)C(CNC(=O)c2ccccc2F)c2cccs2)cc1. The maximum absolute atomic E-state index is 13.8. The van der Waals surface area contributed by atoms with Crippen LogP contribution < -0.4 is 10.1 Å². The number of ether oxygens (including phenoxy) is 1. The summed E-state index contributed by atoms with van der Waals surface area (Å²) in [4.78, 5) is 13.0. The number of amides is 1. The van der Waals surface area contributed by atoms with Crippen molar-refractivity contribution in [3.05, 3.63) is 82.3 Å². The Morgan fingerprint density at radius 3 is 2.43 bits per heavy atom. The van der Waals surface area contributed by atoms with E-state index in [1.54, 1.807) is 35.7 Å². The van der Waals surface area contributed by atoms with Crippen molar-refractivity contribution in [2.75, 3.05) is 13.7 Å². The smallest absolute Gasteiger partial charge is 0.254 e. The van der Waals surface area contributed by atoms with Crippen LogP contribution in [0.25, 0.3) is 0 Å². The first kappa shape index (κ1) is 20.0. The third-order valence-corrected chi connectivity index (χ3v) is 7.42. The summed E-state index contributed by atoms with van der Waals surface area (Å²) in [6.45, 7) is -0.179. The highest BCUT2D eigenvalue weighted by Crippen LogP contribution is 2.32. The van der Waals surface area contributed by atoms with Gasteiger partial charge in [-0.3, -0.25) is 4.79 Å². The molecule has 0 bridgehead atoms. The number of carbonyl (C=O) groups excluding carboxylic acids is 1. The number of rotatable bonds is 7. The number of methoxy groups -OCH3 is 1. The molecule has 28 heavy (non-hydrogen) atoms. The van der Waals surface area contributed by atoms with E-state index >= 15 is 0 Å². The lowest BCUT2D eigenvalue weighted by atomic mass is 10.2. The van der Waals surface area contributed by atoms with E-state index in [1.807, 2.05) is 0 Å². The molecule has 2 aromatic carbocycles. The number of hydrogen-bond acceptors (Lipinski definition) is 5. The number of benzene rings is 2. The van der Waals surface area contributed by atoms with Gasteiger partial charge in [0.25, 0.3) is 5.91 Å². The molecule has 1 unspecified atom stereocenters. The average Bonchev–Trinajstić information content (AvgIpc) is 3.22. The maximum atomic E-state index is 13.8. The van der Waals surface area contributed by atoms with Crippen LogP contribution in [0.3, 0.4) is 0 Å².